The highest BCUT2D eigenvalue weighted by molar-refractivity contribution is 7.80. The fraction of sp³-hybridized carbons (Fsp3) is 1.00. The number of thiol groups is 1. The summed E-state index contributed by atoms with van der Waals surface area (Å²) in [6.07, 6.45) is 8.17. The number of rotatable bonds is 6. The number of hydrogen-bond donors (Lipinski definition) is 1. The molecule has 0 heterocycles. The highest BCUT2D eigenvalue weighted by Gasteiger charge is 2.27. The Morgan fingerprint density at radius 2 is 1.79 bits per heavy atom. The quantitative estimate of drug-likeness (QED) is 0.666. The highest BCUT2D eigenvalue weighted by atomic mass is 32.1. The van der Waals surface area contributed by atoms with E-state index in [1.165, 1.54) is 38.5 Å². The Hall–Kier alpha value is 0.310. The molecule has 0 unspecified atom stereocenters. The van der Waals surface area contributed by atoms with Gasteiger partial charge in [-0.3, -0.25) is 0 Å². The van der Waals surface area contributed by atoms with E-state index in [9.17, 15) is 0 Å². The van der Waals surface area contributed by atoms with E-state index in [2.05, 4.69) is 26.5 Å². The third-order valence-corrected chi connectivity index (χ3v) is 4.43. The van der Waals surface area contributed by atoms with Crippen molar-refractivity contribution in [1.29, 1.82) is 0 Å². The molecule has 14 heavy (non-hydrogen) atoms. The van der Waals surface area contributed by atoms with Gasteiger partial charge in [-0.2, -0.15) is 12.6 Å². The normalized spacial score (nSPS) is 19.1. The van der Waals surface area contributed by atoms with Crippen LogP contribution in [-0.2, 0) is 4.74 Å². The maximum absolute atomic E-state index is 5.99. The van der Waals surface area contributed by atoms with E-state index in [1.807, 2.05) is 0 Å². The Labute approximate surface area is 94.0 Å². The van der Waals surface area contributed by atoms with Gasteiger partial charge in [0.1, 0.15) is 0 Å². The minimum atomic E-state index is 0.325. The second-order valence-corrected chi connectivity index (χ2v) is 4.90. The SMILES string of the molecule is CCC(CC)(CS)COC1CCCC1. The Kier molecular flexibility index (Phi) is 5.32. The molecule has 0 aromatic heterocycles. The lowest BCUT2D eigenvalue weighted by molar-refractivity contribution is -0.000875. The summed E-state index contributed by atoms with van der Waals surface area (Å²) in [6.45, 7) is 5.41. The second kappa shape index (κ2) is 6.02. The first-order chi connectivity index (χ1) is 6.76. The van der Waals surface area contributed by atoms with Crippen molar-refractivity contribution in [3.63, 3.8) is 0 Å². The van der Waals surface area contributed by atoms with Gasteiger partial charge in [0.25, 0.3) is 0 Å². The van der Waals surface area contributed by atoms with Gasteiger partial charge in [0.05, 0.1) is 12.7 Å². The molecule has 0 atom stereocenters. The summed E-state index contributed by atoms with van der Waals surface area (Å²) in [5.74, 6) is 0.951. The summed E-state index contributed by atoms with van der Waals surface area (Å²) in [5.41, 5.74) is 0.325. The molecule has 2 heteroatoms. The molecule has 1 fully saturated rings. The molecule has 0 aromatic carbocycles. The van der Waals surface area contributed by atoms with Crippen LogP contribution in [0.2, 0.25) is 0 Å². The molecule has 0 saturated heterocycles. The van der Waals surface area contributed by atoms with E-state index in [0.717, 1.165) is 12.4 Å². The van der Waals surface area contributed by atoms with Crippen LogP contribution in [0.3, 0.4) is 0 Å². The maximum atomic E-state index is 5.99. The van der Waals surface area contributed by atoms with E-state index in [-0.39, 0.29) is 0 Å². The number of ether oxygens (including phenoxy) is 1. The lowest BCUT2D eigenvalue weighted by Gasteiger charge is -2.30. The van der Waals surface area contributed by atoms with Gasteiger partial charge >= 0.3 is 0 Å². The van der Waals surface area contributed by atoms with Crippen molar-refractivity contribution >= 4 is 12.6 Å². The van der Waals surface area contributed by atoms with Crippen molar-refractivity contribution in [3.05, 3.63) is 0 Å². The van der Waals surface area contributed by atoms with Gasteiger partial charge in [0.15, 0.2) is 0 Å². The zero-order chi connectivity index (χ0) is 10.4. The maximum Gasteiger partial charge on any atom is 0.0575 e. The molecule has 0 amide bonds. The van der Waals surface area contributed by atoms with Crippen LogP contribution < -0.4 is 0 Å². The fourth-order valence-electron chi connectivity index (χ4n) is 2.07. The van der Waals surface area contributed by atoms with Crippen molar-refractivity contribution in [3.8, 4) is 0 Å². The molecule has 0 bridgehead atoms. The molecule has 1 nitrogen and oxygen atoms in total. The minimum Gasteiger partial charge on any atom is -0.378 e. The van der Waals surface area contributed by atoms with Crippen LogP contribution in [-0.4, -0.2) is 18.5 Å². The van der Waals surface area contributed by atoms with E-state index in [0.29, 0.717) is 11.5 Å². The molecule has 0 aromatic rings. The predicted octanol–water partition coefficient (Wildman–Crippen LogP) is 3.68. The van der Waals surface area contributed by atoms with Gasteiger partial charge in [-0.05, 0) is 31.4 Å². The molecule has 1 aliphatic carbocycles. The lowest BCUT2D eigenvalue weighted by Crippen LogP contribution is -2.29. The van der Waals surface area contributed by atoms with Gasteiger partial charge in [-0.1, -0.05) is 26.7 Å². The smallest absolute Gasteiger partial charge is 0.0575 e. The van der Waals surface area contributed by atoms with Gasteiger partial charge in [0.2, 0.25) is 0 Å². The molecular formula is C12H24OS. The Morgan fingerprint density at radius 3 is 2.21 bits per heavy atom. The van der Waals surface area contributed by atoms with E-state index in [4.69, 9.17) is 4.74 Å². The third kappa shape index (κ3) is 3.16. The summed E-state index contributed by atoms with van der Waals surface area (Å²) in [4.78, 5) is 0. The minimum absolute atomic E-state index is 0.325. The largest absolute Gasteiger partial charge is 0.378 e. The predicted molar refractivity (Wildman–Crippen MR) is 65.1 cm³/mol. The summed E-state index contributed by atoms with van der Waals surface area (Å²) >= 11 is 4.46. The van der Waals surface area contributed by atoms with Crippen LogP contribution in [0.25, 0.3) is 0 Å². The molecule has 0 radical (unpaired) electrons. The van der Waals surface area contributed by atoms with Crippen molar-refractivity contribution < 1.29 is 4.74 Å². The third-order valence-electron chi connectivity index (χ3n) is 3.76. The van der Waals surface area contributed by atoms with Gasteiger partial charge in [-0.15, -0.1) is 0 Å². The topological polar surface area (TPSA) is 9.23 Å². The summed E-state index contributed by atoms with van der Waals surface area (Å²) in [6, 6.07) is 0. The Morgan fingerprint density at radius 1 is 1.21 bits per heavy atom. The first-order valence-electron chi connectivity index (χ1n) is 5.99. The molecule has 84 valence electrons. The lowest BCUT2D eigenvalue weighted by atomic mass is 9.85. The fourth-order valence-corrected chi connectivity index (χ4v) is 2.61. The van der Waals surface area contributed by atoms with Crippen LogP contribution in [0.1, 0.15) is 52.4 Å². The average Bonchev–Trinajstić information content (AvgIpc) is 2.74. The zero-order valence-electron chi connectivity index (χ0n) is 9.59. The van der Waals surface area contributed by atoms with Crippen LogP contribution >= 0.6 is 12.6 Å². The van der Waals surface area contributed by atoms with Gasteiger partial charge in [-0.25, -0.2) is 0 Å². The zero-order valence-corrected chi connectivity index (χ0v) is 10.5. The van der Waals surface area contributed by atoms with Gasteiger partial charge in [0, 0.05) is 5.41 Å². The molecule has 1 rings (SSSR count). The summed E-state index contributed by atoms with van der Waals surface area (Å²) in [7, 11) is 0. The standard InChI is InChI=1S/C12H24OS/c1-3-12(4-2,10-14)9-13-11-7-5-6-8-11/h11,14H,3-10H2,1-2H3. The van der Waals surface area contributed by atoms with Crippen LogP contribution in [0.4, 0.5) is 0 Å². The molecule has 1 aliphatic rings. The Bertz CT molecular complexity index is 140. The van der Waals surface area contributed by atoms with Crippen LogP contribution in [0.5, 0.6) is 0 Å². The summed E-state index contributed by atoms with van der Waals surface area (Å²) in [5, 5.41) is 0. The van der Waals surface area contributed by atoms with Crippen molar-refractivity contribution in [1.82, 2.24) is 0 Å². The molecule has 0 aliphatic heterocycles. The molecule has 0 N–H and O–H groups in total. The highest BCUT2D eigenvalue weighted by Crippen LogP contribution is 2.30. The second-order valence-electron chi connectivity index (χ2n) is 4.58. The average molecular weight is 216 g/mol. The molecule has 0 spiro atoms. The van der Waals surface area contributed by atoms with Crippen LogP contribution in [0.15, 0.2) is 0 Å². The van der Waals surface area contributed by atoms with Crippen molar-refractivity contribution in [2.45, 2.75) is 58.5 Å². The molecular weight excluding hydrogens is 192 g/mol. The van der Waals surface area contributed by atoms with E-state index < -0.39 is 0 Å². The first-order valence-corrected chi connectivity index (χ1v) is 6.62. The van der Waals surface area contributed by atoms with E-state index in [1.54, 1.807) is 0 Å². The molecule has 1 saturated carbocycles. The monoisotopic (exact) mass is 216 g/mol. The van der Waals surface area contributed by atoms with Crippen LogP contribution in [0, 0.1) is 5.41 Å². The van der Waals surface area contributed by atoms with Gasteiger partial charge < -0.3 is 4.74 Å². The first kappa shape index (κ1) is 12.4. The van der Waals surface area contributed by atoms with E-state index >= 15 is 0 Å². The van der Waals surface area contributed by atoms with Crippen molar-refractivity contribution in [2.24, 2.45) is 5.41 Å². The summed E-state index contributed by atoms with van der Waals surface area (Å²) < 4.78 is 5.99. The van der Waals surface area contributed by atoms with Crippen molar-refractivity contribution in [2.75, 3.05) is 12.4 Å². The number of hydrogen-bond acceptors (Lipinski definition) is 2. The Balaban J connectivity index is 2.31.